The second kappa shape index (κ2) is 11.4. The minimum atomic E-state index is -0.860. The van der Waals surface area contributed by atoms with Gasteiger partial charge in [-0.25, -0.2) is 8.78 Å². The summed E-state index contributed by atoms with van der Waals surface area (Å²) in [6, 6.07) is 36.2. The zero-order chi connectivity index (χ0) is 30.2. The number of halogens is 2. The number of ether oxygens (including phenoxy) is 1. The Bertz CT molecular complexity index is 1960. The number of carbonyl (C=O) groups is 1. The molecule has 7 rings (SSSR count). The molecule has 0 amide bonds. The summed E-state index contributed by atoms with van der Waals surface area (Å²) in [4.78, 5) is 15.8. The highest BCUT2D eigenvalue weighted by Gasteiger charge is 2.44. The van der Waals surface area contributed by atoms with E-state index in [4.69, 9.17) is 4.74 Å². The number of aromatic nitrogens is 2. The molecular formula is C37H28F2N2O3. The molecule has 2 atom stereocenters. The van der Waals surface area contributed by atoms with Crippen molar-refractivity contribution in [1.29, 1.82) is 0 Å². The number of hydrogen-bond acceptors (Lipinski definition) is 3. The Hall–Kier alpha value is -5.30. The van der Waals surface area contributed by atoms with Crippen LogP contribution in [0.25, 0.3) is 44.4 Å². The van der Waals surface area contributed by atoms with E-state index in [9.17, 15) is 9.90 Å². The molecule has 1 heterocycles. The number of fused-ring (bicyclic) bond motifs is 1. The van der Waals surface area contributed by atoms with Crippen LogP contribution >= 0.6 is 0 Å². The van der Waals surface area contributed by atoms with Crippen molar-refractivity contribution >= 4 is 17.0 Å². The summed E-state index contributed by atoms with van der Waals surface area (Å²) in [5.41, 5.74) is 5.48. The summed E-state index contributed by atoms with van der Waals surface area (Å²) in [6.45, 7) is 0.392. The first-order chi connectivity index (χ1) is 21.5. The van der Waals surface area contributed by atoms with Crippen molar-refractivity contribution in [2.45, 2.75) is 13.0 Å². The Kier molecular flexibility index (Phi) is 7.14. The third kappa shape index (κ3) is 5.33. The predicted molar refractivity (Wildman–Crippen MR) is 166 cm³/mol. The summed E-state index contributed by atoms with van der Waals surface area (Å²) in [5, 5.41) is 9.31. The SMILES string of the molecule is O=C(O)C1CC1COc1nc2c(F)c(-c3ccc(-c4ccccc4)cc3)c(F)cc2n1Cc1ccc(-c2ccccc2)cc1. The number of imidazole rings is 1. The number of nitrogens with zero attached hydrogens (tertiary/aromatic N) is 2. The Morgan fingerprint density at radius 2 is 1.34 bits per heavy atom. The highest BCUT2D eigenvalue weighted by atomic mass is 19.1. The quantitative estimate of drug-likeness (QED) is 0.185. The summed E-state index contributed by atoms with van der Waals surface area (Å²) < 4.78 is 39.5. The van der Waals surface area contributed by atoms with Crippen LogP contribution in [0, 0.1) is 23.5 Å². The smallest absolute Gasteiger partial charge is 0.306 e. The number of carboxylic acids is 1. The van der Waals surface area contributed by atoms with Crippen LogP contribution in [0.4, 0.5) is 8.78 Å². The van der Waals surface area contributed by atoms with E-state index in [0.717, 1.165) is 27.8 Å². The normalized spacial score (nSPS) is 15.8. The van der Waals surface area contributed by atoms with Gasteiger partial charge in [0.2, 0.25) is 0 Å². The molecule has 1 aliphatic carbocycles. The van der Waals surface area contributed by atoms with Crippen molar-refractivity contribution in [2.24, 2.45) is 11.8 Å². The molecule has 6 aromatic rings. The van der Waals surface area contributed by atoms with Crippen molar-refractivity contribution < 1.29 is 23.4 Å². The Morgan fingerprint density at radius 3 is 1.91 bits per heavy atom. The first-order valence-corrected chi connectivity index (χ1v) is 14.5. The first-order valence-electron chi connectivity index (χ1n) is 14.5. The summed E-state index contributed by atoms with van der Waals surface area (Å²) in [5.74, 6) is -2.95. The second-order valence-electron chi connectivity index (χ2n) is 11.2. The molecule has 218 valence electrons. The lowest BCUT2D eigenvalue weighted by Crippen LogP contribution is -2.10. The lowest BCUT2D eigenvalue weighted by atomic mass is 9.99. The van der Waals surface area contributed by atoms with E-state index in [1.807, 2.05) is 97.1 Å². The molecule has 1 saturated carbocycles. The third-order valence-corrected chi connectivity index (χ3v) is 8.25. The Balaban J connectivity index is 1.24. The van der Waals surface area contributed by atoms with Gasteiger partial charge >= 0.3 is 5.97 Å². The van der Waals surface area contributed by atoms with Crippen LogP contribution in [0.5, 0.6) is 6.01 Å². The van der Waals surface area contributed by atoms with Crippen LogP contribution in [-0.4, -0.2) is 27.2 Å². The number of rotatable bonds is 9. The molecule has 1 N–H and O–H groups in total. The third-order valence-electron chi connectivity index (χ3n) is 8.25. The molecule has 1 aliphatic rings. The van der Waals surface area contributed by atoms with Crippen LogP contribution in [-0.2, 0) is 11.3 Å². The topological polar surface area (TPSA) is 64.3 Å². The fraction of sp³-hybridized carbons (Fsp3) is 0.135. The molecule has 0 saturated heterocycles. The van der Waals surface area contributed by atoms with Crippen LogP contribution < -0.4 is 4.74 Å². The highest BCUT2D eigenvalue weighted by molar-refractivity contribution is 5.85. The van der Waals surface area contributed by atoms with Crippen molar-refractivity contribution in [1.82, 2.24) is 9.55 Å². The Labute approximate surface area is 253 Å². The summed E-state index contributed by atoms with van der Waals surface area (Å²) in [6.07, 6.45) is 0.516. The lowest BCUT2D eigenvalue weighted by molar-refractivity contribution is -0.138. The second-order valence-corrected chi connectivity index (χ2v) is 11.2. The largest absolute Gasteiger partial charge is 0.481 e. The first kappa shape index (κ1) is 27.5. The summed E-state index contributed by atoms with van der Waals surface area (Å²) in [7, 11) is 0. The van der Waals surface area contributed by atoms with Crippen molar-refractivity contribution in [3.05, 3.63) is 132 Å². The number of hydrogen-bond donors (Lipinski definition) is 1. The maximum absolute atomic E-state index is 16.1. The molecule has 1 aromatic heterocycles. The number of aliphatic carboxylic acids is 1. The fourth-order valence-corrected chi connectivity index (χ4v) is 5.69. The van der Waals surface area contributed by atoms with Gasteiger partial charge in [-0.3, -0.25) is 9.36 Å². The van der Waals surface area contributed by atoms with Gasteiger partial charge in [-0.15, -0.1) is 0 Å². The van der Waals surface area contributed by atoms with E-state index in [-0.39, 0.29) is 41.7 Å². The van der Waals surface area contributed by atoms with Crippen molar-refractivity contribution in [2.75, 3.05) is 6.61 Å². The molecule has 7 heteroatoms. The van der Waals surface area contributed by atoms with Gasteiger partial charge in [-0.1, -0.05) is 109 Å². The molecule has 2 unspecified atom stereocenters. The molecule has 0 radical (unpaired) electrons. The van der Waals surface area contributed by atoms with E-state index >= 15 is 8.78 Å². The molecule has 0 bridgehead atoms. The standard InChI is InChI=1S/C37H28F2N2O3/c38-31-20-32-35(34(39)33(31)28-17-15-27(16-18-28)25-9-5-2-6-10-25)40-37(44-22-29-19-30(29)36(42)43)41(32)21-23-11-13-26(14-12-23)24-7-3-1-4-8-24/h1-18,20,29-30H,19,21-22H2,(H,42,43). The highest BCUT2D eigenvalue weighted by Crippen LogP contribution is 2.40. The van der Waals surface area contributed by atoms with Gasteiger partial charge in [0.05, 0.1) is 30.1 Å². The lowest BCUT2D eigenvalue weighted by Gasteiger charge is -2.12. The minimum Gasteiger partial charge on any atom is -0.481 e. The fourth-order valence-electron chi connectivity index (χ4n) is 5.69. The van der Waals surface area contributed by atoms with Gasteiger partial charge in [0.15, 0.2) is 5.82 Å². The van der Waals surface area contributed by atoms with Gasteiger partial charge in [-0.05, 0) is 39.8 Å². The van der Waals surface area contributed by atoms with Crippen LogP contribution in [0.1, 0.15) is 12.0 Å². The maximum atomic E-state index is 16.1. The molecular weight excluding hydrogens is 558 g/mol. The van der Waals surface area contributed by atoms with Gasteiger partial charge in [0.25, 0.3) is 6.01 Å². The van der Waals surface area contributed by atoms with Gasteiger partial charge in [-0.2, -0.15) is 4.98 Å². The predicted octanol–water partition coefficient (Wildman–Crippen LogP) is 8.46. The monoisotopic (exact) mass is 586 g/mol. The van der Waals surface area contributed by atoms with E-state index in [1.54, 1.807) is 16.7 Å². The maximum Gasteiger partial charge on any atom is 0.306 e. The molecule has 44 heavy (non-hydrogen) atoms. The van der Waals surface area contributed by atoms with Crippen molar-refractivity contribution in [3.8, 4) is 39.4 Å². The number of benzene rings is 5. The van der Waals surface area contributed by atoms with E-state index in [1.165, 1.54) is 6.07 Å². The van der Waals surface area contributed by atoms with Gasteiger partial charge in [0.1, 0.15) is 11.3 Å². The average molecular weight is 587 g/mol. The molecule has 5 nitrogen and oxygen atoms in total. The zero-order valence-electron chi connectivity index (χ0n) is 23.7. The molecule has 0 spiro atoms. The molecule has 5 aromatic carbocycles. The number of carboxylic acid groups (broad SMARTS) is 1. The summed E-state index contributed by atoms with van der Waals surface area (Å²) >= 11 is 0. The molecule has 0 aliphatic heterocycles. The van der Waals surface area contributed by atoms with Gasteiger partial charge < -0.3 is 9.84 Å². The van der Waals surface area contributed by atoms with Crippen LogP contribution in [0.15, 0.2) is 115 Å². The zero-order valence-corrected chi connectivity index (χ0v) is 23.7. The Morgan fingerprint density at radius 1 is 0.795 bits per heavy atom. The van der Waals surface area contributed by atoms with E-state index in [0.29, 0.717) is 12.0 Å². The van der Waals surface area contributed by atoms with Gasteiger partial charge in [0, 0.05) is 12.0 Å². The molecule has 1 fully saturated rings. The van der Waals surface area contributed by atoms with Crippen LogP contribution in [0.2, 0.25) is 0 Å². The minimum absolute atomic E-state index is 0.00461. The van der Waals surface area contributed by atoms with E-state index < -0.39 is 23.5 Å². The van der Waals surface area contributed by atoms with E-state index in [2.05, 4.69) is 4.98 Å². The average Bonchev–Trinajstić information content (AvgIpc) is 3.77. The van der Waals surface area contributed by atoms with Crippen LogP contribution in [0.3, 0.4) is 0 Å². The van der Waals surface area contributed by atoms with Crippen molar-refractivity contribution in [3.63, 3.8) is 0 Å².